The lowest BCUT2D eigenvalue weighted by Crippen LogP contribution is -2.33. The van der Waals surface area contributed by atoms with Crippen molar-refractivity contribution in [3.8, 4) is 0 Å². The summed E-state index contributed by atoms with van der Waals surface area (Å²) >= 11 is 0. The van der Waals surface area contributed by atoms with Crippen LogP contribution in [0.1, 0.15) is 22.3 Å². The zero-order valence-electron chi connectivity index (χ0n) is 16.2. The van der Waals surface area contributed by atoms with E-state index in [1.165, 1.54) is 4.90 Å². The van der Waals surface area contributed by atoms with Crippen LogP contribution in [0.2, 0.25) is 0 Å². The number of hydrogen-bond donors (Lipinski definition) is 0. The quantitative estimate of drug-likeness (QED) is 0.599. The molecule has 2 fully saturated rings. The largest absolute Gasteiger partial charge is 0.337 e. The second-order valence-electron chi connectivity index (χ2n) is 8.21. The molecule has 0 radical (unpaired) electrons. The number of fused-ring (bicyclic) bond motifs is 5. The predicted molar refractivity (Wildman–Crippen MR) is 109 cm³/mol. The van der Waals surface area contributed by atoms with E-state index in [2.05, 4.69) is 12.2 Å². The lowest BCUT2D eigenvalue weighted by atomic mass is 9.85. The Labute approximate surface area is 169 Å². The van der Waals surface area contributed by atoms with E-state index in [0.717, 1.165) is 12.0 Å². The van der Waals surface area contributed by atoms with Gasteiger partial charge < -0.3 is 4.90 Å². The molecule has 0 unspecified atom stereocenters. The van der Waals surface area contributed by atoms with Crippen molar-refractivity contribution in [2.45, 2.75) is 13.0 Å². The fourth-order valence-electron chi connectivity index (χ4n) is 5.08. The Balaban J connectivity index is 1.38. The monoisotopic (exact) mass is 386 g/mol. The normalized spacial score (nSPS) is 26.9. The Morgan fingerprint density at radius 2 is 1.62 bits per heavy atom. The summed E-state index contributed by atoms with van der Waals surface area (Å²) < 4.78 is 0. The number of rotatable bonds is 4. The molecule has 0 aromatic heterocycles. The first kappa shape index (κ1) is 17.9. The van der Waals surface area contributed by atoms with Crippen LogP contribution in [0.5, 0.6) is 0 Å². The summed E-state index contributed by atoms with van der Waals surface area (Å²) in [6.45, 7) is 0.491. The number of carbonyl (C=O) groups is 3. The van der Waals surface area contributed by atoms with Crippen molar-refractivity contribution in [3.63, 3.8) is 0 Å². The summed E-state index contributed by atoms with van der Waals surface area (Å²) in [5, 5.41) is 0. The molecule has 1 aliphatic heterocycles. The van der Waals surface area contributed by atoms with E-state index in [0.29, 0.717) is 17.8 Å². The van der Waals surface area contributed by atoms with Crippen LogP contribution >= 0.6 is 0 Å². The summed E-state index contributed by atoms with van der Waals surface area (Å²) in [6, 6.07) is 16.6. The van der Waals surface area contributed by atoms with Crippen LogP contribution < -0.4 is 4.90 Å². The summed E-state index contributed by atoms with van der Waals surface area (Å²) in [5.41, 5.74) is 2.01. The van der Waals surface area contributed by atoms with Gasteiger partial charge in [-0.3, -0.25) is 14.4 Å². The van der Waals surface area contributed by atoms with Crippen LogP contribution in [0.4, 0.5) is 5.69 Å². The van der Waals surface area contributed by atoms with Crippen molar-refractivity contribution in [2.75, 3.05) is 11.9 Å². The molecule has 1 saturated carbocycles. The molecule has 146 valence electrons. The Morgan fingerprint density at radius 3 is 2.28 bits per heavy atom. The summed E-state index contributed by atoms with van der Waals surface area (Å²) in [5.74, 6) is -0.522. The standard InChI is InChI=1S/C24H22N2O3/c1-25(14-15-6-3-2-4-7-15)22(27)18-8-5-9-19(13-18)26-23(28)20-16-10-11-17(12-16)21(20)24(26)29/h2-11,13,16-17,20-21H,12,14H2,1H3/t16-,17-,20-,21+/m0/s1. The van der Waals surface area contributed by atoms with Gasteiger partial charge in [0, 0.05) is 19.2 Å². The second-order valence-corrected chi connectivity index (χ2v) is 8.21. The van der Waals surface area contributed by atoms with Gasteiger partial charge in [-0.05, 0) is 42.0 Å². The number of imide groups is 1. The number of allylic oxidation sites excluding steroid dienone is 2. The summed E-state index contributed by atoms with van der Waals surface area (Å²) in [7, 11) is 1.75. The smallest absolute Gasteiger partial charge is 0.253 e. The number of carbonyl (C=O) groups excluding carboxylic acids is 3. The maximum absolute atomic E-state index is 13.0. The van der Waals surface area contributed by atoms with Gasteiger partial charge in [0.05, 0.1) is 17.5 Å². The fourth-order valence-corrected chi connectivity index (χ4v) is 5.08. The maximum atomic E-state index is 13.0. The first-order valence-corrected chi connectivity index (χ1v) is 10.00. The highest BCUT2D eigenvalue weighted by molar-refractivity contribution is 6.23. The fraction of sp³-hybridized carbons (Fsp3) is 0.292. The van der Waals surface area contributed by atoms with Crippen molar-refractivity contribution in [1.82, 2.24) is 4.90 Å². The zero-order valence-corrected chi connectivity index (χ0v) is 16.2. The molecule has 0 spiro atoms. The van der Waals surface area contributed by atoms with Gasteiger partial charge in [-0.2, -0.15) is 0 Å². The highest BCUT2D eigenvalue weighted by Gasteiger charge is 2.59. The Hall–Kier alpha value is -3.21. The van der Waals surface area contributed by atoms with E-state index in [1.807, 2.05) is 30.3 Å². The molecule has 2 bridgehead atoms. The third-order valence-electron chi connectivity index (χ3n) is 6.43. The van der Waals surface area contributed by atoms with Crippen LogP contribution in [0, 0.1) is 23.7 Å². The number of benzene rings is 2. The van der Waals surface area contributed by atoms with Crippen LogP contribution in [0.25, 0.3) is 0 Å². The molecule has 4 atom stereocenters. The molecule has 3 amide bonds. The van der Waals surface area contributed by atoms with E-state index in [1.54, 1.807) is 36.2 Å². The van der Waals surface area contributed by atoms with E-state index in [9.17, 15) is 14.4 Å². The molecule has 0 N–H and O–H groups in total. The number of hydrogen-bond acceptors (Lipinski definition) is 3. The topological polar surface area (TPSA) is 57.7 Å². The average molecular weight is 386 g/mol. The van der Waals surface area contributed by atoms with E-state index in [4.69, 9.17) is 0 Å². The molecule has 5 nitrogen and oxygen atoms in total. The molecule has 1 heterocycles. The van der Waals surface area contributed by atoms with E-state index in [-0.39, 0.29) is 41.4 Å². The van der Waals surface area contributed by atoms with Gasteiger partial charge in [0.25, 0.3) is 5.91 Å². The van der Waals surface area contributed by atoms with Gasteiger partial charge in [-0.25, -0.2) is 4.90 Å². The average Bonchev–Trinajstić information content (AvgIpc) is 3.42. The molecular formula is C24H22N2O3. The predicted octanol–water partition coefficient (Wildman–Crippen LogP) is 3.27. The highest BCUT2D eigenvalue weighted by Crippen LogP contribution is 2.53. The lowest BCUT2D eigenvalue weighted by Gasteiger charge is -2.20. The highest BCUT2D eigenvalue weighted by atomic mass is 16.2. The van der Waals surface area contributed by atoms with Crippen molar-refractivity contribution >= 4 is 23.4 Å². The minimum Gasteiger partial charge on any atom is -0.337 e. The van der Waals surface area contributed by atoms with Crippen molar-refractivity contribution < 1.29 is 14.4 Å². The van der Waals surface area contributed by atoms with Crippen LogP contribution in [0.15, 0.2) is 66.7 Å². The molecule has 5 rings (SSSR count). The van der Waals surface area contributed by atoms with Crippen LogP contribution in [0.3, 0.4) is 0 Å². The number of nitrogens with zero attached hydrogens (tertiary/aromatic N) is 2. The van der Waals surface area contributed by atoms with E-state index < -0.39 is 0 Å². The molecule has 2 aromatic rings. The molecule has 3 aliphatic rings. The lowest BCUT2D eigenvalue weighted by molar-refractivity contribution is -0.123. The Bertz CT molecular complexity index is 999. The minimum absolute atomic E-state index is 0.126. The first-order chi connectivity index (χ1) is 14.0. The summed E-state index contributed by atoms with van der Waals surface area (Å²) in [6.07, 6.45) is 5.07. The van der Waals surface area contributed by atoms with Gasteiger partial charge in [0.15, 0.2) is 0 Å². The van der Waals surface area contributed by atoms with Gasteiger partial charge in [-0.15, -0.1) is 0 Å². The Morgan fingerprint density at radius 1 is 0.966 bits per heavy atom. The second kappa shape index (κ2) is 6.69. The minimum atomic E-state index is -0.238. The maximum Gasteiger partial charge on any atom is 0.253 e. The van der Waals surface area contributed by atoms with Gasteiger partial charge in [0.2, 0.25) is 11.8 Å². The van der Waals surface area contributed by atoms with Crippen LogP contribution in [-0.2, 0) is 16.1 Å². The summed E-state index contributed by atoms with van der Waals surface area (Å²) in [4.78, 5) is 41.9. The molecular weight excluding hydrogens is 364 g/mol. The molecule has 1 saturated heterocycles. The molecule has 2 aliphatic carbocycles. The molecule has 5 heteroatoms. The SMILES string of the molecule is CN(Cc1ccccc1)C(=O)c1cccc(N2C(=O)[C@@H]3[C@H](C2=O)[C@H]2C=C[C@H]3C2)c1. The van der Waals surface area contributed by atoms with Gasteiger partial charge in [0.1, 0.15) is 0 Å². The molecule has 2 aromatic carbocycles. The van der Waals surface area contributed by atoms with E-state index >= 15 is 0 Å². The number of amides is 3. The van der Waals surface area contributed by atoms with Gasteiger partial charge >= 0.3 is 0 Å². The van der Waals surface area contributed by atoms with Crippen LogP contribution in [-0.4, -0.2) is 29.7 Å². The van der Waals surface area contributed by atoms with Crippen molar-refractivity contribution in [2.24, 2.45) is 23.7 Å². The zero-order chi connectivity index (χ0) is 20.1. The first-order valence-electron chi connectivity index (χ1n) is 10.00. The van der Waals surface area contributed by atoms with Crippen molar-refractivity contribution in [1.29, 1.82) is 0 Å². The Kier molecular flexibility index (Phi) is 4.12. The van der Waals surface area contributed by atoms with Crippen molar-refractivity contribution in [3.05, 3.63) is 77.9 Å². The molecule has 29 heavy (non-hydrogen) atoms. The number of anilines is 1. The third-order valence-corrected chi connectivity index (χ3v) is 6.43. The van der Waals surface area contributed by atoms with Gasteiger partial charge in [-0.1, -0.05) is 48.6 Å². The third kappa shape index (κ3) is 2.80.